The van der Waals surface area contributed by atoms with E-state index < -0.39 is 0 Å². The fourth-order valence-corrected chi connectivity index (χ4v) is 3.50. The molecule has 0 aliphatic heterocycles. The molecule has 0 heterocycles. The van der Waals surface area contributed by atoms with E-state index in [9.17, 15) is 0 Å². The smallest absolute Gasteiger partial charge is 0.00726 e. The normalized spacial score (nSPS) is 18.3. The fourth-order valence-electron chi connectivity index (χ4n) is 3.50. The molecule has 0 N–H and O–H groups in total. The number of hydrogen-bond acceptors (Lipinski definition) is 0. The first-order valence-corrected chi connectivity index (χ1v) is 7.24. The molecule has 0 spiro atoms. The van der Waals surface area contributed by atoms with E-state index >= 15 is 0 Å². The van der Waals surface area contributed by atoms with E-state index in [0.717, 1.165) is 12.3 Å². The Kier molecular flexibility index (Phi) is 3.91. The molecule has 0 nitrogen and oxygen atoms in total. The van der Waals surface area contributed by atoms with Gasteiger partial charge in [0.15, 0.2) is 0 Å². The topological polar surface area (TPSA) is 0 Å². The van der Waals surface area contributed by atoms with E-state index in [-0.39, 0.29) is 0 Å². The summed E-state index contributed by atoms with van der Waals surface area (Å²) in [5, 5.41) is 0. The lowest BCUT2D eigenvalue weighted by Gasteiger charge is -2.38. The third kappa shape index (κ3) is 2.56. The van der Waals surface area contributed by atoms with Gasteiger partial charge in [0.25, 0.3) is 0 Å². The van der Waals surface area contributed by atoms with Crippen LogP contribution in [0.25, 0.3) is 0 Å². The SMILES string of the molecule is CCc1ccccc1C(C)(C)C1CCCCC1. The molecule has 0 bridgehead atoms. The lowest BCUT2D eigenvalue weighted by Crippen LogP contribution is -2.31. The molecule has 2 rings (SSSR count). The van der Waals surface area contributed by atoms with Crippen LogP contribution in [0.2, 0.25) is 0 Å². The summed E-state index contributed by atoms with van der Waals surface area (Å²) < 4.78 is 0. The van der Waals surface area contributed by atoms with Crippen molar-refractivity contribution in [2.75, 3.05) is 0 Å². The monoisotopic (exact) mass is 230 g/mol. The highest BCUT2D eigenvalue weighted by Crippen LogP contribution is 2.41. The zero-order valence-corrected chi connectivity index (χ0v) is 11.6. The summed E-state index contributed by atoms with van der Waals surface area (Å²) in [4.78, 5) is 0. The van der Waals surface area contributed by atoms with E-state index in [4.69, 9.17) is 0 Å². The molecule has 17 heavy (non-hydrogen) atoms. The van der Waals surface area contributed by atoms with Crippen LogP contribution < -0.4 is 0 Å². The molecule has 0 atom stereocenters. The van der Waals surface area contributed by atoms with Gasteiger partial charge in [-0.2, -0.15) is 0 Å². The number of hydrogen-bond donors (Lipinski definition) is 0. The predicted molar refractivity (Wildman–Crippen MR) is 75.4 cm³/mol. The minimum Gasteiger partial charge on any atom is -0.0620 e. The molecule has 1 aliphatic carbocycles. The van der Waals surface area contributed by atoms with Crippen LogP contribution >= 0.6 is 0 Å². The van der Waals surface area contributed by atoms with Gasteiger partial charge in [-0.3, -0.25) is 0 Å². The van der Waals surface area contributed by atoms with Crippen molar-refractivity contribution in [2.45, 2.75) is 64.7 Å². The first-order chi connectivity index (χ1) is 8.16. The highest BCUT2D eigenvalue weighted by atomic mass is 14.4. The van der Waals surface area contributed by atoms with Crippen LogP contribution in [0.3, 0.4) is 0 Å². The zero-order chi connectivity index (χ0) is 12.3. The highest BCUT2D eigenvalue weighted by molar-refractivity contribution is 5.34. The van der Waals surface area contributed by atoms with E-state index in [1.54, 1.807) is 11.1 Å². The molecule has 0 radical (unpaired) electrons. The minimum atomic E-state index is 0.354. The van der Waals surface area contributed by atoms with E-state index in [1.165, 1.54) is 32.1 Å². The molecule has 0 heteroatoms. The first kappa shape index (κ1) is 12.7. The van der Waals surface area contributed by atoms with Crippen molar-refractivity contribution >= 4 is 0 Å². The average Bonchev–Trinajstić information content (AvgIpc) is 2.39. The standard InChI is InChI=1S/C17H26/c1-4-14-10-8-9-13-16(14)17(2,3)15-11-6-5-7-12-15/h8-10,13,15H,4-7,11-12H2,1-3H3. The molecule has 1 fully saturated rings. The fraction of sp³-hybridized carbons (Fsp3) is 0.647. The summed E-state index contributed by atoms with van der Waals surface area (Å²) in [5.41, 5.74) is 3.49. The van der Waals surface area contributed by atoms with Gasteiger partial charge >= 0.3 is 0 Å². The lowest BCUT2D eigenvalue weighted by atomic mass is 9.66. The second kappa shape index (κ2) is 5.25. The average molecular weight is 230 g/mol. The molecular weight excluding hydrogens is 204 g/mol. The molecule has 1 aliphatic rings. The number of rotatable bonds is 3. The van der Waals surface area contributed by atoms with E-state index in [0.29, 0.717) is 5.41 Å². The highest BCUT2D eigenvalue weighted by Gasteiger charge is 2.33. The maximum atomic E-state index is 2.46. The Bertz CT molecular complexity index is 356. The molecule has 0 saturated heterocycles. The van der Waals surface area contributed by atoms with Gasteiger partial charge in [-0.1, -0.05) is 64.3 Å². The molecule has 0 aromatic heterocycles. The van der Waals surface area contributed by atoms with Crippen LogP contribution in [-0.4, -0.2) is 0 Å². The number of benzene rings is 1. The van der Waals surface area contributed by atoms with Crippen LogP contribution in [0.1, 0.15) is 64.0 Å². The zero-order valence-electron chi connectivity index (χ0n) is 11.6. The number of aryl methyl sites for hydroxylation is 1. The second-order valence-corrected chi connectivity index (χ2v) is 6.07. The lowest BCUT2D eigenvalue weighted by molar-refractivity contribution is 0.235. The van der Waals surface area contributed by atoms with Crippen molar-refractivity contribution in [3.8, 4) is 0 Å². The molecule has 0 amide bonds. The molecule has 1 aromatic rings. The molecule has 1 aromatic carbocycles. The third-order valence-electron chi connectivity index (χ3n) is 4.72. The summed E-state index contributed by atoms with van der Waals surface area (Å²) in [6, 6.07) is 9.05. The van der Waals surface area contributed by atoms with Crippen LogP contribution in [0.15, 0.2) is 24.3 Å². The van der Waals surface area contributed by atoms with Crippen molar-refractivity contribution in [3.05, 3.63) is 35.4 Å². The summed E-state index contributed by atoms with van der Waals surface area (Å²) >= 11 is 0. The Hall–Kier alpha value is -0.780. The maximum Gasteiger partial charge on any atom is -0.00726 e. The van der Waals surface area contributed by atoms with Gasteiger partial charge in [-0.25, -0.2) is 0 Å². The van der Waals surface area contributed by atoms with Crippen molar-refractivity contribution in [1.82, 2.24) is 0 Å². The quantitative estimate of drug-likeness (QED) is 0.677. The van der Waals surface area contributed by atoms with E-state index in [1.807, 2.05) is 0 Å². The van der Waals surface area contributed by atoms with Crippen LogP contribution in [0.4, 0.5) is 0 Å². The van der Waals surface area contributed by atoms with E-state index in [2.05, 4.69) is 45.0 Å². The van der Waals surface area contributed by atoms with Crippen LogP contribution in [0.5, 0.6) is 0 Å². The molecular formula is C17H26. The summed E-state index contributed by atoms with van der Waals surface area (Å²) in [5.74, 6) is 0.879. The van der Waals surface area contributed by atoms with Crippen molar-refractivity contribution < 1.29 is 0 Å². The Morgan fingerprint density at radius 1 is 1.06 bits per heavy atom. The Labute approximate surface area is 106 Å². The van der Waals surface area contributed by atoms with Gasteiger partial charge in [0, 0.05) is 0 Å². The molecule has 94 valence electrons. The largest absolute Gasteiger partial charge is 0.0620 e. The summed E-state index contributed by atoms with van der Waals surface area (Å²) in [6.07, 6.45) is 8.31. The molecule has 0 unspecified atom stereocenters. The summed E-state index contributed by atoms with van der Waals surface area (Å²) in [7, 11) is 0. The van der Waals surface area contributed by atoms with Gasteiger partial charge in [0.05, 0.1) is 0 Å². The van der Waals surface area contributed by atoms with Crippen LogP contribution in [-0.2, 0) is 11.8 Å². The van der Waals surface area contributed by atoms with Gasteiger partial charge in [0.1, 0.15) is 0 Å². The third-order valence-corrected chi connectivity index (χ3v) is 4.72. The molecule has 1 saturated carbocycles. The predicted octanol–water partition coefficient (Wildman–Crippen LogP) is 5.11. The van der Waals surface area contributed by atoms with Crippen molar-refractivity contribution in [2.24, 2.45) is 5.92 Å². The second-order valence-electron chi connectivity index (χ2n) is 6.07. The Morgan fingerprint density at radius 3 is 2.35 bits per heavy atom. The maximum absolute atomic E-state index is 2.46. The summed E-state index contributed by atoms with van der Waals surface area (Å²) in [6.45, 7) is 7.19. The van der Waals surface area contributed by atoms with Crippen LogP contribution in [0, 0.1) is 5.92 Å². The van der Waals surface area contributed by atoms with Gasteiger partial charge in [0.2, 0.25) is 0 Å². The Morgan fingerprint density at radius 2 is 1.71 bits per heavy atom. The Balaban J connectivity index is 2.29. The van der Waals surface area contributed by atoms with Crippen molar-refractivity contribution in [1.29, 1.82) is 0 Å². The first-order valence-electron chi connectivity index (χ1n) is 7.24. The van der Waals surface area contributed by atoms with Gasteiger partial charge in [-0.15, -0.1) is 0 Å². The van der Waals surface area contributed by atoms with Gasteiger partial charge in [-0.05, 0) is 41.7 Å². The van der Waals surface area contributed by atoms with Crippen molar-refractivity contribution in [3.63, 3.8) is 0 Å². The minimum absolute atomic E-state index is 0.354. The van der Waals surface area contributed by atoms with Gasteiger partial charge < -0.3 is 0 Å².